The Hall–Kier alpha value is -0.830. The Morgan fingerprint density at radius 2 is 2.10 bits per heavy atom. The molecule has 0 aromatic carbocycles. The zero-order valence-corrected chi connectivity index (χ0v) is 13.7. The molecule has 0 N–H and O–H groups in total. The number of hydrogen-bond donors (Lipinski definition) is 0. The highest BCUT2D eigenvalue weighted by Crippen LogP contribution is 2.32. The van der Waals surface area contributed by atoms with Crippen molar-refractivity contribution in [2.24, 2.45) is 5.92 Å². The van der Waals surface area contributed by atoms with Crippen molar-refractivity contribution in [3.05, 3.63) is 17.0 Å². The molecular formula is C16H26ClN3. The van der Waals surface area contributed by atoms with Crippen LogP contribution in [0.5, 0.6) is 0 Å². The van der Waals surface area contributed by atoms with Crippen molar-refractivity contribution in [1.82, 2.24) is 9.97 Å². The SMILES string of the molecule is CCCC1CCCN(c2ncnc(Cl)c2C(C)C)CC1. The van der Waals surface area contributed by atoms with Crippen LogP contribution in [0.4, 0.5) is 5.82 Å². The number of nitrogens with zero attached hydrogens (tertiary/aromatic N) is 3. The Morgan fingerprint density at radius 1 is 1.30 bits per heavy atom. The summed E-state index contributed by atoms with van der Waals surface area (Å²) in [4.78, 5) is 11.1. The molecule has 1 saturated heterocycles. The molecule has 20 heavy (non-hydrogen) atoms. The minimum atomic E-state index is 0.355. The molecule has 1 unspecified atom stereocenters. The van der Waals surface area contributed by atoms with Gasteiger partial charge in [-0.25, -0.2) is 9.97 Å². The zero-order valence-electron chi connectivity index (χ0n) is 12.9. The lowest BCUT2D eigenvalue weighted by molar-refractivity contribution is 0.435. The van der Waals surface area contributed by atoms with Gasteiger partial charge in [0.1, 0.15) is 17.3 Å². The molecule has 1 aliphatic heterocycles. The molecule has 1 atom stereocenters. The maximum absolute atomic E-state index is 6.29. The Labute approximate surface area is 127 Å². The van der Waals surface area contributed by atoms with E-state index in [0.29, 0.717) is 11.1 Å². The molecule has 0 amide bonds. The predicted octanol–water partition coefficient (Wildman–Crippen LogP) is 4.66. The molecule has 1 aromatic heterocycles. The van der Waals surface area contributed by atoms with E-state index < -0.39 is 0 Å². The first-order valence-corrected chi connectivity index (χ1v) is 8.26. The number of anilines is 1. The fourth-order valence-electron chi connectivity index (χ4n) is 3.19. The van der Waals surface area contributed by atoms with Crippen LogP contribution in [0.25, 0.3) is 0 Å². The van der Waals surface area contributed by atoms with Gasteiger partial charge in [-0.2, -0.15) is 0 Å². The first-order valence-electron chi connectivity index (χ1n) is 7.88. The summed E-state index contributed by atoms with van der Waals surface area (Å²) in [5, 5.41) is 0.611. The van der Waals surface area contributed by atoms with E-state index in [1.165, 1.54) is 32.1 Å². The van der Waals surface area contributed by atoms with E-state index in [1.54, 1.807) is 6.33 Å². The minimum Gasteiger partial charge on any atom is -0.356 e. The summed E-state index contributed by atoms with van der Waals surface area (Å²) < 4.78 is 0. The van der Waals surface area contributed by atoms with Gasteiger partial charge in [0.25, 0.3) is 0 Å². The summed E-state index contributed by atoms with van der Waals surface area (Å²) in [5.41, 5.74) is 1.10. The van der Waals surface area contributed by atoms with Gasteiger partial charge in [-0.15, -0.1) is 0 Å². The van der Waals surface area contributed by atoms with Crippen LogP contribution in [0, 0.1) is 5.92 Å². The van der Waals surface area contributed by atoms with Crippen molar-refractivity contribution in [2.45, 2.75) is 58.8 Å². The molecule has 0 saturated carbocycles. The summed E-state index contributed by atoms with van der Waals surface area (Å²) in [6.07, 6.45) is 8.12. The Kier molecular flexibility index (Phi) is 5.64. The largest absolute Gasteiger partial charge is 0.356 e. The molecule has 0 radical (unpaired) electrons. The van der Waals surface area contributed by atoms with Crippen LogP contribution >= 0.6 is 11.6 Å². The second-order valence-corrected chi connectivity index (χ2v) is 6.49. The molecular weight excluding hydrogens is 270 g/mol. The second-order valence-electron chi connectivity index (χ2n) is 6.13. The maximum atomic E-state index is 6.29. The topological polar surface area (TPSA) is 29.0 Å². The Bertz CT molecular complexity index is 434. The molecule has 1 fully saturated rings. The van der Waals surface area contributed by atoms with Crippen molar-refractivity contribution in [1.29, 1.82) is 0 Å². The Balaban J connectivity index is 2.17. The lowest BCUT2D eigenvalue weighted by Crippen LogP contribution is -2.27. The number of hydrogen-bond acceptors (Lipinski definition) is 3. The first-order chi connectivity index (χ1) is 9.63. The molecule has 4 heteroatoms. The van der Waals surface area contributed by atoms with Gasteiger partial charge in [0.15, 0.2) is 0 Å². The third-order valence-corrected chi connectivity index (χ3v) is 4.54. The lowest BCUT2D eigenvalue weighted by Gasteiger charge is -2.25. The van der Waals surface area contributed by atoms with Crippen LogP contribution in [0.3, 0.4) is 0 Å². The smallest absolute Gasteiger partial charge is 0.138 e. The lowest BCUT2D eigenvalue weighted by atomic mass is 9.96. The van der Waals surface area contributed by atoms with Gasteiger partial charge in [0.05, 0.1) is 0 Å². The third kappa shape index (κ3) is 3.63. The molecule has 1 aliphatic rings. The minimum absolute atomic E-state index is 0.355. The van der Waals surface area contributed by atoms with Gasteiger partial charge >= 0.3 is 0 Å². The fourth-order valence-corrected chi connectivity index (χ4v) is 3.53. The molecule has 2 heterocycles. The van der Waals surface area contributed by atoms with Crippen LogP contribution in [-0.4, -0.2) is 23.1 Å². The van der Waals surface area contributed by atoms with E-state index in [2.05, 4.69) is 35.6 Å². The molecule has 112 valence electrons. The van der Waals surface area contributed by atoms with Crippen LogP contribution in [0.1, 0.15) is 64.4 Å². The molecule has 1 aromatic rings. The molecule has 0 aliphatic carbocycles. The van der Waals surface area contributed by atoms with E-state index in [0.717, 1.165) is 30.4 Å². The number of aromatic nitrogens is 2. The summed E-state index contributed by atoms with van der Waals surface area (Å²) in [6.45, 7) is 8.78. The van der Waals surface area contributed by atoms with E-state index in [-0.39, 0.29) is 0 Å². The summed E-state index contributed by atoms with van der Waals surface area (Å²) >= 11 is 6.29. The fraction of sp³-hybridized carbons (Fsp3) is 0.750. The second kappa shape index (κ2) is 7.26. The third-order valence-electron chi connectivity index (χ3n) is 4.24. The average Bonchev–Trinajstić information content (AvgIpc) is 2.64. The van der Waals surface area contributed by atoms with Crippen LogP contribution in [0.15, 0.2) is 6.33 Å². The summed E-state index contributed by atoms with van der Waals surface area (Å²) in [5.74, 6) is 2.29. The molecule has 3 nitrogen and oxygen atoms in total. The molecule has 2 rings (SSSR count). The number of rotatable bonds is 4. The average molecular weight is 296 g/mol. The van der Waals surface area contributed by atoms with Gasteiger partial charge in [0, 0.05) is 18.7 Å². The highest BCUT2D eigenvalue weighted by atomic mass is 35.5. The van der Waals surface area contributed by atoms with Crippen molar-refractivity contribution >= 4 is 17.4 Å². The Morgan fingerprint density at radius 3 is 2.80 bits per heavy atom. The highest BCUT2D eigenvalue weighted by molar-refractivity contribution is 6.30. The van der Waals surface area contributed by atoms with Gasteiger partial charge in [-0.3, -0.25) is 0 Å². The van der Waals surface area contributed by atoms with Crippen LogP contribution in [-0.2, 0) is 0 Å². The highest BCUT2D eigenvalue weighted by Gasteiger charge is 2.22. The summed E-state index contributed by atoms with van der Waals surface area (Å²) in [6, 6.07) is 0. The van der Waals surface area contributed by atoms with Gasteiger partial charge in [-0.1, -0.05) is 45.2 Å². The van der Waals surface area contributed by atoms with Crippen molar-refractivity contribution < 1.29 is 0 Å². The van der Waals surface area contributed by atoms with Crippen molar-refractivity contribution in [3.63, 3.8) is 0 Å². The molecule has 0 spiro atoms. The van der Waals surface area contributed by atoms with E-state index in [9.17, 15) is 0 Å². The zero-order chi connectivity index (χ0) is 14.5. The summed E-state index contributed by atoms with van der Waals surface area (Å²) in [7, 11) is 0. The normalized spacial score (nSPS) is 20.2. The van der Waals surface area contributed by atoms with Gasteiger partial charge in [-0.05, 0) is 31.1 Å². The molecule has 0 bridgehead atoms. The predicted molar refractivity (Wildman–Crippen MR) is 85.6 cm³/mol. The standard InChI is InChI=1S/C16H26ClN3/c1-4-6-13-7-5-9-20(10-8-13)16-14(12(2)3)15(17)18-11-19-16/h11-13H,4-10H2,1-3H3. The van der Waals surface area contributed by atoms with E-state index >= 15 is 0 Å². The van der Waals surface area contributed by atoms with Gasteiger partial charge < -0.3 is 4.90 Å². The monoisotopic (exact) mass is 295 g/mol. The van der Waals surface area contributed by atoms with Crippen LogP contribution in [0.2, 0.25) is 5.15 Å². The van der Waals surface area contributed by atoms with E-state index in [4.69, 9.17) is 11.6 Å². The quantitative estimate of drug-likeness (QED) is 0.757. The maximum Gasteiger partial charge on any atom is 0.138 e. The van der Waals surface area contributed by atoms with E-state index in [1.807, 2.05) is 0 Å². The first kappa shape index (κ1) is 15.6. The van der Waals surface area contributed by atoms with Crippen molar-refractivity contribution in [3.8, 4) is 0 Å². The van der Waals surface area contributed by atoms with Crippen LogP contribution < -0.4 is 4.90 Å². The number of halogens is 1. The van der Waals surface area contributed by atoms with Crippen molar-refractivity contribution in [2.75, 3.05) is 18.0 Å². The van der Waals surface area contributed by atoms with Gasteiger partial charge in [0.2, 0.25) is 0 Å².